The van der Waals surface area contributed by atoms with Crippen LogP contribution in [-0.4, -0.2) is 29.2 Å². The summed E-state index contributed by atoms with van der Waals surface area (Å²) in [4.78, 5) is 22.9. The van der Waals surface area contributed by atoms with Crippen molar-refractivity contribution >= 4 is 12.0 Å². The van der Waals surface area contributed by atoms with E-state index in [1.807, 2.05) is 0 Å². The minimum Gasteiger partial charge on any atom is -0.481 e. The first-order chi connectivity index (χ1) is 8.66. The van der Waals surface area contributed by atoms with Gasteiger partial charge >= 0.3 is 12.0 Å². The van der Waals surface area contributed by atoms with Gasteiger partial charge in [-0.25, -0.2) is 4.79 Å². The van der Waals surface area contributed by atoms with Gasteiger partial charge in [-0.2, -0.15) is 0 Å². The van der Waals surface area contributed by atoms with Gasteiger partial charge in [0.05, 0.1) is 5.92 Å². The standard InChI is InChI=1S/C13H22N2O3/c16-12(17)10-7-3-4-8-11(10)15-13(18)14-9-5-1-2-6-9/h9-11H,1-8H2,(H,16,17)(H2,14,15,18). The van der Waals surface area contributed by atoms with Crippen LogP contribution in [0.2, 0.25) is 0 Å². The van der Waals surface area contributed by atoms with Crippen molar-refractivity contribution in [1.29, 1.82) is 0 Å². The Morgan fingerprint density at radius 3 is 2.17 bits per heavy atom. The van der Waals surface area contributed by atoms with E-state index in [-0.39, 0.29) is 18.1 Å². The summed E-state index contributed by atoms with van der Waals surface area (Å²) in [7, 11) is 0. The Bertz CT molecular complexity index is 313. The average Bonchev–Trinajstić information content (AvgIpc) is 2.82. The van der Waals surface area contributed by atoms with E-state index in [4.69, 9.17) is 5.11 Å². The van der Waals surface area contributed by atoms with Crippen LogP contribution in [0.5, 0.6) is 0 Å². The maximum absolute atomic E-state index is 11.8. The van der Waals surface area contributed by atoms with E-state index in [1.54, 1.807) is 0 Å². The van der Waals surface area contributed by atoms with Crippen LogP contribution in [0.25, 0.3) is 0 Å². The molecule has 2 saturated carbocycles. The molecule has 0 aliphatic heterocycles. The fraction of sp³-hybridized carbons (Fsp3) is 0.846. The number of nitrogens with one attached hydrogen (secondary N) is 2. The highest BCUT2D eigenvalue weighted by Gasteiger charge is 2.32. The summed E-state index contributed by atoms with van der Waals surface area (Å²) in [5.74, 6) is -1.21. The van der Waals surface area contributed by atoms with E-state index in [0.29, 0.717) is 6.42 Å². The van der Waals surface area contributed by atoms with E-state index in [2.05, 4.69) is 10.6 Å². The van der Waals surface area contributed by atoms with Crippen LogP contribution < -0.4 is 10.6 Å². The van der Waals surface area contributed by atoms with Gasteiger partial charge in [-0.3, -0.25) is 4.79 Å². The Balaban J connectivity index is 1.82. The number of carboxylic acid groups (broad SMARTS) is 1. The Labute approximate surface area is 107 Å². The molecule has 0 spiro atoms. The second-order valence-corrected chi connectivity index (χ2v) is 5.43. The molecule has 18 heavy (non-hydrogen) atoms. The van der Waals surface area contributed by atoms with Crippen LogP contribution in [0.4, 0.5) is 4.79 Å². The van der Waals surface area contributed by atoms with Gasteiger partial charge < -0.3 is 15.7 Å². The van der Waals surface area contributed by atoms with Gasteiger partial charge in [0.25, 0.3) is 0 Å². The highest BCUT2D eigenvalue weighted by Crippen LogP contribution is 2.24. The van der Waals surface area contributed by atoms with Gasteiger partial charge in [-0.15, -0.1) is 0 Å². The van der Waals surface area contributed by atoms with Crippen molar-refractivity contribution in [2.24, 2.45) is 5.92 Å². The number of carbonyl (C=O) groups excluding carboxylic acids is 1. The molecule has 2 rings (SSSR count). The molecule has 0 aromatic rings. The summed E-state index contributed by atoms with van der Waals surface area (Å²) < 4.78 is 0. The van der Waals surface area contributed by atoms with Gasteiger partial charge in [0.15, 0.2) is 0 Å². The largest absolute Gasteiger partial charge is 0.481 e. The molecule has 102 valence electrons. The lowest BCUT2D eigenvalue weighted by molar-refractivity contribution is -0.143. The van der Waals surface area contributed by atoms with Crippen molar-refractivity contribution in [3.63, 3.8) is 0 Å². The Morgan fingerprint density at radius 2 is 1.50 bits per heavy atom. The monoisotopic (exact) mass is 254 g/mol. The van der Waals surface area contributed by atoms with Crippen LogP contribution in [-0.2, 0) is 4.79 Å². The number of rotatable bonds is 3. The van der Waals surface area contributed by atoms with Crippen molar-refractivity contribution in [3.8, 4) is 0 Å². The lowest BCUT2D eigenvalue weighted by Gasteiger charge is -2.29. The van der Waals surface area contributed by atoms with E-state index in [1.165, 1.54) is 12.8 Å². The zero-order valence-corrected chi connectivity index (χ0v) is 10.7. The zero-order chi connectivity index (χ0) is 13.0. The summed E-state index contributed by atoms with van der Waals surface area (Å²) in [6.45, 7) is 0. The predicted octanol–water partition coefficient (Wildman–Crippen LogP) is 1.87. The van der Waals surface area contributed by atoms with Crippen LogP contribution in [0.3, 0.4) is 0 Å². The molecule has 5 nitrogen and oxygen atoms in total. The van der Waals surface area contributed by atoms with Gasteiger partial charge in [-0.05, 0) is 25.7 Å². The molecule has 0 aromatic carbocycles. The lowest BCUT2D eigenvalue weighted by atomic mass is 9.84. The Morgan fingerprint density at radius 1 is 0.889 bits per heavy atom. The normalized spacial score (nSPS) is 28.9. The average molecular weight is 254 g/mol. The number of amides is 2. The quantitative estimate of drug-likeness (QED) is 0.719. The van der Waals surface area contributed by atoms with Gasteiger partial charge in [0.1, 0.15) is 0 Å². The van der Waals surface area contributed by atoms with Gasteiger partial charge in [-0.1, -0.05) is 25.7 Å². The molecule has 2 unspecified atom stereocenters. The minimum absolute atomic E-state index is 0.194. The van der Waals surface area contributed by atoms with Crippen molar-refractivity contribution in [3.05, 3.63) is 0 Å². The molecular weight excluding hydrogens is 232 g/mol. The third-order valence-electron chi connectivity index (χ3n) is 4.09. The minimum atomic E-state index is -0.791. The van der Waals surface area contributed by atoms with Crippen LogP contribution in [0.15, 0.2) is 0 Å². The van der Waals surface area contributed by atoms with Crippen molar-refractivity contribution in [2.75, 3.05) is 0 Å². The van der Waals surface area contributed by atoms with Crippen LogP contribution in [0.1, 0.15) is 51.4 Å². The van der Waals surface area contributed by atoms with E-state index < -0.39 is 11.9 Å². The molecule has 0 aromatic heterocycles. The molecule has 2 atom stereocenters. The number of carbonyl (C=O) groups is 2. The SMILES string of the molecule is O=C(NC1CCCC1)NC1CCCCC1C(=O)O. The molecule has 0 radical (unpaired) electrons. The molecule has 3 N–H and O–H groups in total. The van der Waals surface area contributed by atoms with Crippen molar-refractivity contribution in [1.82, 2.24) is 10.6 Å². The topological polar surface area (TPSA) is 78.4 Å². The summed E-state index contributed by atoms with van der Waals surface area (Å²) in [6, 6.07) is -0.130. The molecule has 5 heteroatoms. The van der Waals surface area contributed by atoms with Gasteiger partial charge in [0.2, 0.25) is 0 Å². The molecule has 2 aliphatic rings. The van der Waals surface area contributed by atoms with Crippen LogP contribution in [0, 0.1) is 5.92 Å². The first-order valence-corrected chi connectivity index (χ1v) is 6.96. The molecule has 0 heterocycles. The van der Waals surface area contributed by atoms with E-state index in [9.17, 15) is 9.59 Å². The zero-order valence-electron chi connectivity index (χ0n) is 10.7. The molecular formula is C13H22N2O3. The summed E-state index contributed by atoms with van der Waals surface area (Å²) in [5, 5.41) is 14.9. The number of hydrogen-bond donors (Lipinski definition) is 3. The van der Waals surface area contributed by atoms with Crippen LogP contribution >= 0.6 is 0 Å². The molecule has 0 bridgehead atoms. The number of urea groups is 1. The first kappa shape index (κ1) is 13.2. The maximum atomic E-state index is 11.8. The number of carboxylic acids is 1. The highest BCUT2D eigenvalue weighted by molar-refractivity contribution is 5.77. The van der Waals surface area contributed by atoms with Gasteiger partial charge in [0, 0.05) is 12.1 Å². The summed E-state index contributed by atoms with van der Waals surface area (Å²) >= 11 is 0. The Kier molecular flexibility index (Phi) is 4.44. The lowest BCUT2D eigenvalue weighted by Crippen LogP contribution is -2.50. The molecule has 0 saturated heterocycles. The number of hydrogen-bond acceptors (Lipinski definition) is 2. The van der Waals surface area contributed by atoms with Crippen molar-refractivity contribution < 1.29 is 14.7 Å². The van der Waals surface area contributed by atoms with E-state index in [0.717, 1.165) is 32.1 Å². The number of aliphatic carboxylic acids is 1. The molecule has 2 aliphatic carbocycles. The second-order valence-electron chi connectivity index (χ2n) is 5.43. The fourth-order valence-electron chi connectivity index (χ4n) is 3.06. The second kappa shape index (κ2) is 6.07. The highest BCUT2D eigenvalue weighted by atomic mass is 16.4. The third-order valence-corrected chi connectivity index (χ3v) is 4.09. The smallest absolute Gasteiger partial charge is 0.315 e. The molecule has 2 fully saturated rings. The molecule has 2 amide bonds. The Hall–Kier alpha value is -1.26. The first-order valence-electron chi connectivity index (χ1n) is 6.96. The summed E-state index contributed by atoms with van der Waals surface area (Å²) in [6.07, 6.45) is 7.81. The fourth-order valence-corrected chi connectivity index (χ4v) is 3.06. The summed E-state index contributed by atoms with van der Waals surface area (Å²) in [5.41, 5.74) is 0. The maximum Gasteiger partial charge on any atom is 0.315 e. The predicted molar refractivity (Wildman–Crippen MR) is 67.3 cm³/mol. The van der Waals surface area contributed by atoms with E-state index >= 15 is 0 Å². The third kappa shape index (κ3) is 3.37. The van der Waals surface area contributed by atoms with Crippen molar-refractivity contribution in [2.45, 2.75) is 63.5 Å².